The zero-order chi connectivity index (χ0) is 49.4. The number of rotatable bonds is 8. The van der Waals surface area contributed by atoms with Crippen molar-refractivity contribution in [3.63, 3.8) is 0 Å². The van der Waals surface area contributed by atoms with Gasteiger partial charge in [0, 0.05) is 53.6 Å². The molecule has 5 heterocycles. The quantitative estimate of drug-likeness (QED) is 0.142. The fraction of sp³-hybridized carbons (Fsp3) is 0.473. The van der Waals surface area contributed by atoms with Gasteiger partial charge in [-0.1, -0.05) is 29.4 Å². The largest absolute Gasteiger partial charge is 0.496 e. The Kier molecular flexibility index (Phi) is 14.0. The molecule has 5 aromatic rings. The van der Waals surface area contributed by atoms with E-state index >= 15 is 0 Å². The van der Waals surface area contributed by atoms with Crippen molar-refractivity contribution in [2.75, 3.05) is 25.3 Å². The summed E-state index contributed by atoms with van der Waals surface area (Å²) in [5.41, 5.74) is 13.3. The van der Waals surface area contributed by atoms with Gasteiger partial charge < -0.3 is 44.3 Å². The van der Waals surface area contributed by atoms with E-state index in [1.54, 1.807) is 21.1 Å². The minimum atomic E-state index is -0.524. The summed E-state index contributed by atoms with van der Waals surface area (Å²) in [6, 6.07) is 26.0. The van der Waals surface area contributed by atoms with Crippen molar-refractivity contribution < 1.29 is 37.9 Å². The van der Waals surface area contributed by atoms with Gasteiger partial charge in [0.25, 0.3) is 5.91 Å². The number of hydrogen-bond acceptors (Lipinski definition) is 11. The number of benzene rings is 4. The van der Waals surface area contributed by atoms with Crippen molar-refractivity contribution in [2.45, 2.75) is 154 Å². The Morgan fingerprint density at radius 1 is 0.652 bits per heavy atom. The van der Waals surface area contributed by atoms with Crippen LogP contribution in [0.15, 0.2) is 83.4 Å². The Labute approximate surface area is 406 Å². The number of carbonyl (C=O) groups excluding carboxylic acids is 3. The molecule has 4 atom stereocenters. The van der Waals surface area contributed by atoms with Crippen molar-refractivity contribution >= 4 is 29.5 Å². The zero-order valence-electron chi connectivity index (χ0n) is 41.8. The number of fused-ring (bicyclic) bond motifs is 4. The summed E-state index contributed by atoms with van der Waals surface area (Å²) in [5.74, 6) is 3.18. The lowest BCUT2D eigenvalue weighted by atomic mass is 9.84. The van der Waals surface area contributed by atoms with Crippen molar-refractivity contribution in [1.82, 2.24) is 19.9 Å². The molecule has 4 bridgehead atoms. The molecular formula is C55H68N6O8. The summed E-state index contributed by atoms with van der Waals surface area (Å²) in [4.78, 5) is 47.0. The third-order valence-electron chi connectivity index (χ3n) is 13.8. The molecule has 14 heteroatoms. The number of nitrogen functional groups attached to an aromatic ring is 1. The first-order valence-corrected chi connectivity index (χ1v) is 24.2. The third kappa shape index (κ3) is 11.2. The average molecular weight is 941 g/mol. The summed E-state index contributed by atoms with van der Waals surface area (Å²) < 4.78 is 27.7. The highest BCUT2D eigenvalue weighted by Gasteiger charge is 2.47. The molecule has 4 unspecified atom stereocenters. The highest BCUT2D eigenvalue weighted by atomic mass is 16.6. The summed E-state index contributed by atoms with van der Waals surface area (Å²) in [5, 5.41) is 7.09. The minimum Gasteiger partial charge on any atom is -0.496 e. The van der Waals surface area contributed by atoms with Crippen LogP contribution in [0, 0.1) is 13.8 Å². The molecule has 0 radical (unpaired) electrons. The predicted octanol–water partition coefficient (Wildman–Crippen LogP) is 11.8. The Bertz CT molecular complexity index is 2640. The van der Waals surface area contributed by atoms with E-state index in [0.717, 1.165) is 96.4 Å². The molecule has 3 N–H and O–H groups in total. The molecule has 4 aliphatic heterocycles. The number of nitrogens with two attached hydrogens (primary N) is 1. The van der Waals surface area contributed by atoms with Gasteiger partial charge in [-0.3, -0.25) is 4.79 Å². The topological polar surface area (TPSA) is 172 Å². The number of ether oxygens (including phenoxy) is 4. The van der Waals surface area contributed by atoms with Crippen molar-refractivity contribution in [3.05, 3.63) is 107 Å². The maximum absolute atomic E-state index is 13.3. The minimum absolute atomic E-state index is 0.132. The van der Waals surface area contributed by atoms with Crippen LogP contribution in [0.1, 0.15) is 138 Å². The summed E-state index contributed by atoms with van der Waals surface area (Å²) in [6.07, 6.45) is 7.18. The van der Waals surface area contributed by atoms with E-state index in [1.165, 1.54) is 5.56 Å². The Morgan fingerprint density at radius 2 is 1.14 bits per heavy atom. The molecule has 4 aliphatic rings. The van der Waals surface area contributed by atoms with Gasteiger partial charge in [-0.05, 0) is 194 Å². The average Bonchev–Trinajstić information content (AvgIpc) is 3.94. The van der Waals surface area contributed by atoms with E-state index < -0.39 is 11.2 Å². The maximum Gasteiger partial charge on any atom is 0.410 e. The van der Waals surface area contributed by atoms with Gasteiger partial charge in [-0.15, -0.1) is 0 Å². The van der Waals surface area contributed by atoms with E-state index in [0.29, 0.717) is 28.9 Å². The van der Waals surface area contributed by atoms with E-state index in [1.807, 2.05) is 137 Å². The number of amides is 3. The molecule has 0 saturated carbocycles. The molecule has 14 nitrogen and oxygen atoms in total. The fourth-order valence-corrected chi connectivity index (χ4v) is 10.8. The molecule has 0 spiro atoms. The lowest BCUT2D eigenvalue weighted by Gasteiger charge is -2.40. The van der Waals surface area contributed by atoms with E-state index in [2.05, 4.69) is 15.5 Å². The van der Waals surface area contributed by atoms with Gasteiger partial charge in [0.15, 0.2) is 0 Å². The molecule has 3 amide bonds. The number of aromatic nitrogens is 2. The molecule has 366 valence electrons. The van der Waals surface area contributed by atoms with Crippen molar-refractivity contribution in [2.24, 2.45) is 0 Å². The van der Waals surface area contributed by atoms with Crippen molar-refractivity contribution in [3.8, 4) is 34.0 Å². The zero-order valence-corrected chi connectivity index (χ0v) is 41.8. The van der Waals surface area contributed by atoms with E-state index in [4.69, 9.17) is 29.2 Å². The van der Waals surface area contributed by atoms with Gasteiger partial charge in [-0.2, -0.15) is 4.98 Å². The molecule has 1 aromatic heterocycles. The molecule has 4 fully saturated rings. The molecule has 4 saturated heterocycles. The SMILES string of the molecule is COc1ccc(N)cc1C1CC2CCC(C1)N2C(=O)OC(C)(C)C.COc1ccc(NC(=O)c2ccc(-c3ccc(-c4noc(C)n4)cc3C)cc2)cc1C1CC2CCC(C1)N2C(=O)OC(C)(C)C. The summed E-state index contributed by atoms with van der Waals surface area (Å²) in [7, 11) is 3.37. The summed E-state index contributed by atoms with van der Waals surface area (Å²) >= 11 is 0. The molecular weight excluding hydrogens is 873 g/mol. The standard InChI is InChI=1S/C36H40N4O5.C19H28N2O3/c1-21-17-25(33-37-22(2)45-39-33)11-15-30(21)23-7-9-24(10-8-23)34(41)38-27-12-16-32(43-6)31(20-27)26-18-28-13-14-29(19-26)40(28)35(42)44-36(3,4)5;1-19(2,3)24-18(22)21-14-6-7-15(21)10-12(9-14)16-11-13(20)5-8-17(16)23-4/h7-12,15-17,20,26,28-29H,13-14,18-19H2,1-6H3,(H,38,41);5,8,11-12,14-15H,6-7,9-10,20H2,1-4H3. The first-order chi connectivity index (χ1) is 32.8. The van der Waals surface area contributed by atoms with Crippen molar-refractivity contribution in [1.29, 1.82) is 0 Å². The number of aryl methyl sites for hydroxylation is 2. The van der Waals surface area contributed by atoms with Gasteiger partial charge in [0.1, 0.15) is 22.7 Å². The van der Waals surface area contributed by atoms with Gasteiger partial charge in [0.2, 0.25) is 11.7 Å². The number of piperidine rings is 2. The van der Waals surface area contributed by atoms with Crippen LogP contribution in [0.3, 0.4) is 0 Å². The molecule has 69 heavy (non-hydrogen) atoms. The van der Waals surface area contributed by atoms with E-state index in [-0.39, 0.29) is 48.2 Å². The van der Waals surface area contributed by atoms with Gasteiger partial charge in [0.05, 0.1) is 14.2 Å². The van der Waals surface area contributed by atoms with Crippen LogP contribution in [-0.4, -0.2) is 87.6 Å². The second kappa shape index (κ2) is 19.8. The number of carbonyl (C=O) groups is 3. The number of nitrogens with zero attached hydrogens (tertiary/aromatic N) is 4. The molecule has 0 aliphatic carbocycles. The van der Waals surface area contributed by atoms with Crippen LogP contribution in [0.4, 0.5) is 21.0 Å². The molecule has 9 rings (SSSR count). The van der Waals surface area contributed by atoms with Crippen LogP contribution in [-0.2, 0) is 9.47 Å². The summed E-state index contributed by atoms with van der Waals surface area (Å²) in [6.45, 7) is 15.3. The van der Waals surface area contributed by atoms with Crippen LogP contribution in [0.5, 0.6) is 11.5 Å². The number of nitrogens with one attached hydrogen (secondary N) is 1. The Balaban J connectivity index is 0.000000225. The first-order valence-electron chi connectivity index (χ1n) is 24.2. The van der Waals surface area contributed by atoms with Crippen LogP contribution >= 0.6 is 0 Å². The maximum atomic E-state index is 13.3. The number of hydrogen-bond donors (Lipinski definition) is 2. The number of anilines is 2. The second-order valence-electron chi connectivity index (χ2n) is 21.0. The van der Waals surface area contributed by atoms with Gasteiger partial charge >= 0.3 is 12.2 Å². The lowest BCUT2D eigenvalue weighted by Crippen LogP contribution is -2.48. The predicted molar refractivity (Wildman–Crippen MR) is 267 cm³/mol. The normalized spacial score (nSPS) is 21.8. The number of methoxy groups -OCH3 is 2. The van der Waals surface area contributed by atoms with Crippen LogP contribution in [0.25, 0.3) is 22.5 Å². The van der Waals surface area contributed by atoms with E-state index in [9.17, 15) is 14.4 Å². The second-order valence-corrected chi connectivity index (χ2v) is 21.0. The third-order valence-corrected chi connectivity index (χ3v) is 13.8. The Hall–Kier alpha value is -6.57. The first kappa shape index (κ1) is 48.9. The van der Waals surface area contributed by atoms with Crippen LogP contribution in [0.2, 0.25) is 0 Å². The smallest absolute Gasteiger partial charge is 0.410 e. The fourth-order valence-electron chi connectivity index (χ4n) is 10.8. The Morgan fingerprint density at radius 3 is 1.61 bits per heavy atom. The van der Waals surface area contributed by atoms with Gasteiger partial charge in [-0.25, -0.2) is 9.59 Å². The lowest BCUT2D eigenvalue weighted by molar-refractivity contribution is 0.00466. The molecule has 4 aromatic carbocycles. The highest BCUT2D eigenvalue weighted by Crippen LogP contribution is 2.48. The monoisotopic (exact) mass is 941 g/mol. The van der Waals surface area contributed by atoms with Crippen LogP contribution < -0.4 is 20.5 Å². The highest BCUT2D eigenvalue weighted by molar-refractivity contribution is 6.04.